The van der Waals surface area contributed by atoms with E-state index in [4.69, 9.17) is 9.47 Å². The Morgan fingerprint density at radius 2 is 2.21 bits per heavy atom. The predicted octanol–water partition coefficient (Wildman–Crippen LogP) is 3.11. The van der Waals surface area contributed by atoms with Crippen LogP contribution < -0.4 is 10.6 Å². The normalized spacial score (nSPS) is 32.6. The maximum Gasteiger partial charge on any atom is 0.191 e. The third-order valence-electron chi connectivity index (χ3n) is 6.66. The van der Waals surface area contributed by atoms with E-state index in [-0.39, 0.29) is 35.5 Å². The van der Waals surface area contributed by atoms with Crippen LogP contribution in [0.3, 0.4) is 0 Å². The fourth-order valence-electron chi connectivity index (χ4n) is 5.17. The highest BCUT2D eigenvalue weighted by Crippen LogP contribution is 2.52. The van der Waals surface area contributed by atoms with Gasteiger partial charge >= 0.3 is 0 Å². The highest BCUT2D eigenvalue weighted by atomic mass is 127. The molecule has 29 heavy (non-hydrogen) atoms. The minimum atomic E-state index is 0. The average molecular weight is 535 g/mol. The minimum absolute atomic E-state index is 0. The highest BCUT2D eigenvalue weighted by Gasteiger charge is 2.59. The maximum absolute atomic E-state index is 5.93. The van der Waals surface area contributed by atoms with E-state index < -0.39 is 0 Å². The summed E-state index contributed by atoms with van der Waals surface area (Å²) in [6.45, 7) is 11.2. The number of ether oxygens (including phenoxy) is 2. The molecule has 8 heteroatoms. The molecule has 3 aliphatic rings. The molecule has 0 radical (unpaired) electrons. The van der Waals surface area contributed by atoms with Gasteiger partial charge in [-0.3, -0.25) is 9.89 Å². The Morgan fingerprint density at radius 1 is 1.38 bits per heavy atom. The highest BCUT2D eigenvalue weighted by molar-refractivity contribution is 14.0. The number of halogens is 1. The Hall–Kier alpha value is -0.420. The van der Waals surface area contributed by atoms with Crippen LogP contribution in [-0.4, -0.2) is 69.0 Å². The fourth-order valence-corrected chi connectivity index (χ4v) is 6.03. The van der Waals surface area contributed by atoms with Gasteiger partial charge < -0.3 is 20.1 Å². The van der Waals surface area contributed by atoms with E-state index in [9.17, 15) is 0 Å². The second-order valence-corrected chi connectivity index (χ2v) is 9.83. The molecule has 5 atom stereocenters. The summed E-state index contributed by atoms with van der Waals surface area (Å²) >= 11 is 1.83. The van der Waals surface area contributed by atoms with Gasteiger partial charge in [0.25, 0.3) is 0 Å². The van der Waals surface area contributed by atoms with Gasteiger partial charge in [-0.15, -0.1) is 35.3 Å². The van der Waals surface area contributed by atoms with Crippen molar-refractivity contribution in [3.63, 3.8) is 0 Å². The Morgan fingerprint density at radius 3 is 2.90 bits per heavy atom. The molecule has 5 unspecified atom stereocenters. The van der Waals surface area contributed by atoms with Crippen molar-refractivity contribution in [1.82, 2.24) is 15.5 Å². The molecule has 0 spiro atoms. The van der Waals surface area contributed by atoms with E-state index in [1.54, 1.807) is 0 Å². The van der Waals surface area contributed by atoms with Crippen molar-refractivity contribution in [3.8, 4) is 0 Å². The summed E-state index contributed by atoms with van der Waals surface area (Å²) in [5.41, 5.74) is 0.144. The van der Waals surface area contributed by atoms with Crippen LogP contribution in [0.4, 0.5) is 0 Å². The zero-order valence-electron chi connectivity index (χ0n) is 17.9. The molecule has 2 aliphatic heterocycles. The van der Waals surface area contributed by atoms with Crippen molar-refractivity contribution >= 4 is 41.3 Å². The van der Waals surface area contributed by atoms with Gasteiger partial charge in [-0.05, 0) is 24.8 Å². The molecular formula is C21H35IN4O2S. The van der Waals surface area contributed by atoms with Crippen LogP contribution >= 0.6 is 35.3 Å². The van der Waals surface area contributed by atoms with E-state index in [2.05, 4.69) is 58.8 Å². The van der Waals surface area contributed by atoms with Crippen molar-refractivity contribution in [1.29, 1.82) is 0 Å². The summed E-state index contributed by atoms with van der Waals surface area (Å²) in [5.74, 6) is 1.49. The zero-order chi connectivity index (χ0) is 19.7. The number of nitrogens with zero attached hydrogens (tertiary/aromatic N) is 2. The van der Waals surface area contributed by atoms with Crippen molar-refractivity contribution in [2.45, 2.75) is 51.5 Å². The van der Waals surface area contributed by atoms with Crippen molar-refractivity contribution in [2.75, 3.05) is 39.9 Å². The molecule has 3 fully saturated rings. The SMILES string of the molecule is CN=C(NCC(c1cccs1)N1CCOC(C)C1)NC1C2CCOC2C1(C)C.I. The van der Waals surface area contributed by atoms with Crippen molar-refractivity contribution < 1.29 is 9.47 Å². The Labute approximate surface area is 195 Å². The van der Waals surface area contributed by atoms with E-state index in [1.165, 1.54) is 4.88 Å². The maximum atomic E-state index is 5.93. The average Bonchev–Trinajstić information content (AvgIpc) is 3.35. The molecule has 1 aliphatic carbocycles. The number of thiophene rings is 1. The molecule has 0 aromatic carbocycles. The molecule has 0 bridgehead atoms. The Kier molecular flexibility index (Phi) is 7.86. The molecule has 1 aromatic heterocycles. The first-order valence-corrected chi connectivity index (χ1v) is 11.4. The van der Waals surface area contributed by atoms with Crippen LogP contribution in [0, 0.1) is 11.3 Å². The Balaban J connectivity index is 0.00000240. The van der Waals surface area contributed by atoms with Crippen LogP contribution in [0.25, 0.3) is 0 Å². The lowest BCUT2D eigenvalue weighted by atomic mass is 9.57. The van der Waals surface area contributed by atoms with Gasteiger partial charge in [-0.2, -0.15) is 0 Å². The Bertz CT molecular complexity index is 684. The molecule has 164 valence electrons. The number of hydrogen-bond donors (Lipinski definition) is 2. The number of rotatable bonds is 5. The summed E-state index contributed by atoms with van der Waals surface area (Å²) in [7, 11) is 1.86. The fraction of sp³-hybridized carbons (Fsp3) is 0.762. The first-order chi connectivity index (χ1) is 13.5. The minimum Gasteiger partial charge on any atom is -0.377 e. The quantitative estimate of drug-likeness (QED) is 0.346. The van der Waals surface area contributed by atoms with E-state index in [0.717, 1.165) is 45.2 Å². The molecular weight excluding hydrogens is 499 g/mol. The molecule has 3 heterocycles. The first kappa shape index (κ1) is 23.2. The number of guanidine groups is 1. The monoisotopic (exact) mass is 534 g/mol. The standard InChI is InChI=1S/C21H34N4O2S.HI/c1-14-13-25(8-10-26-14)16(17-6-5-11-28-17)12-23-20(22-4)24-18-15-7-9-27-19(15)21(18,2)3;/h5-6,11,14-16,18-19H,7-10,12-13H2,1-4H3,(H2,22,23,24);1H. The molecule has 6 nitrogen and oxygen atoms in total. The van der Waals surface area contributed by atoms with Crippen LogP contribution in [0.5, 0.6) is 0 Å². The van der Waals surface area contributed by atoms with Crippen LogP contribution in [0.1, 0.15) is 38.1 Å². The number of aliphatic imine (C=N–C) groups is 1. The summed E-state index contributed by atoms with van der Waals surface area (Å²) in [6.07, 6.45) is 1.81. The van der Waals surface area contributed by atoms with E-state index in [1.807, 2.05) is 18.4 Å². The van der Waals surface area contributed by atoms with Gasteiger partial charge in [0, 0.05) is 55.5 Å². The molecule has 1 saturated carbocycles. The van der Waals surface area contributed by atoms with Crippen LogP contribution in [0.15, 0.2) is 22.5 Å². The van der Waals surface area contributed by atoms with Crippen molar-refractivity contribution in [2.24, 2.45) is 16.3 Å². The summed E-state index contributed by atoms with van der Waals surface area (Å²) in [6, 6.07) is 5.13. The largest absolute Gasteiger partial charge is 0.377 e. The van der Waals surface area contributed by atoms with Gasteiger partial charge in [0.1, 0.15) is 0 Å². The van der Waals surface area contributed by atoms with Gasteiger partial charge in [0.15, 0.2) is 5.96 Å². The van der Waals surface area contributed by atoms with Gasteiger partial charge in [0.05, 0.1) is 24.9 Å². The lowest BCUT2D eigenvalue weighted by Crippen LogP contribution is -2.68. The third kappa shape index (κ3) is 4.76. The number of morpholine rings is 1. The second-order valence-electron chi connectivity index (χ2n) is 8.85. The van der Waals surface area contributed by atoms with Crippen molar-refractivity contribution in [3.05, 3.63) is 22.4 Å². The topological polar surface area (TPSA) is 58.1 Å². The molecule has 4 rings (SSSR count). The summed E-state index contributed by atoms with van der Waals surface area (Å²) in [4.78, 5) is 8.45. The molecule has 1 aromatic rings. The lowest BCUT2D eigenvalue weighted by Gasteiger charge is -2.55. The zero-order valence-corrected chi connectivity index (χ0v) is 21.0. The summed E-state index contributed by atoms with van der Waals surface area (Å²) in [5, 5.41) is 9.47. The van der Waals surface area contributed by atoms with Gasteiger partial charge in [-0.25, -0.2) is 0 Å². The molecule has 0 amide bonds. The van der Waals surface area contributed by atoms with E-state index >= 15 is 0 Å². The molecule has 2 N–H and O–H groups in total. The van der Waals surface area contributed by atoms with Gasteiger partial charge in [-0.1, -0.05) is 19.9 Å². The number of hydrogen-bond acceptors (Lipinski definition) is 5. The molecule has 2 saturated heterocycles. The predicted molar refractivity (Wildman–Crippen MR) is 129 cm³/mol. The number of fused-ring (bicyclic) bond motifs is 1. The second kappa shape index (κ2) is 9.80. The first-order valence-electron chi connectivity index (χ1n) is 10.5. The smallest absolute Gasteiger partial charge is 0.191 e. The van der Waals surface area contributed by atoms with Gasteiger partial charge in [0.2, 0.25) is 0 Å². The number of nitrogens with one attached hydrogen (secondary N) is 2. The summed E-state index contributed by atoms with van der Waals surface area (Å²) < 4.78 is 11.7. The van der Waals surface area contributed by atoms with Crippen LogP contribution in [0.2, 0.25) is 0 Å². The van der Waals surface area contributed by atoms with E-state index in [0.29, 0.717) is 24.1 Å². The third-order valence-corrected chi connectivity index (χ3v) is 7.64. The lowest BCUT2D eigenvalue weighted by molar-refractivity contribution is -0.106. The van der Waals surface area contributed by atoms with Crippen LogP contribution in [-0.2, 0) is 9.47 Å².